The molecule has 2 rings (SSSR count). The Kier molecular flexibility index (Phi) is 7.33. The van der Waals surface area contributed by atoms with Crippen molar-refractivity contribution in [1.29, 1.82) is 0 Å². The number of likely N-dealkylation sites (N-methyl/N-ethyl adjacent to an activating group) is 1. The largest absolute Gasteiger partial charge is 0.480 e. The number of hydrogen-bond acceptors (Lipinski definition) is 4. The van der Waals surface area contributed by atoms with E-state index in [1.54, 1.807) is 7.05 Å². The van der Waals surface area contributed by atoms with Gasteiger partial charge in [0.1, 0.15) is 17.6 Å². The molecule has 0 aromatic carbocycles. The minimum absolute atomic E-state index is 0.0975. The number of unbranched alkanes of at least 4 members (excludes halogenated alkanes) is 2. The third-order valence-corrected chi connectivity index (χ3v) is 4.69. The van der Waals surface area contributed by atoms with Crippen LogP contribution in [0.1, 0.15) is 51.8 Å². The molecule has 2 heterocycles. The maximum Gasteiger partial charge on any atom is 0.326 e. The fourth-order valence-electron chi connectivity index (χ4n) is 3.18. The number of carbonyl (C=O) groups is 2. The van der Waals surface area contributed by atoms with Gasteiger partial charge in [0.15, 0.2) is 0 Å². The lowest BCUT2D eigenvalue weighted by molar-refractivity contribution is -0.149. The zero-order valence-electron chi connectivity index (χ0n) is 16.7. The average molecular weight is 374 g/mol. The van der Waals surface area contributed by atoms with Crippen molar-refractivity contribution in [1.82, 2.24) is 19.4 Å². The number of carboxylic acid groups (broad SMARTS) is 1. The highest BCUT2D eigenvalue weighted by Gasteiger charge is 2.26. The number of rotatable bonds is 10. The summed E-state index contributed by atoms with van der Waals surface area (Å²) in [5.41, 5.74) is 1.81. The topological polar surface area (TPSA) is 88.3 Å². The Labute approximate surface area is 160 Å². The molecule has 0 radical (unpaired) electrons. The SMILES string of the molecule is Cc1nc2ccn(CCCCCC(=O)N(C)[C@@H](CC(C)C)C(=O)O)cc-2n1. The van der Waals surface area contributed by atoms with E-state index in [2.05, 4.69) is 14.5 Å². The Balaban J connectivity index is 1.74. The minimum atomic E-state index is -0.933. The molecule has 1 N–H and O–H groups in total. The predicted molar refractivity (Wildman–Crippen MR) is 103 cm³/mol. The summed E-state index contributed by atoms with van der Waals surface area (Å²) in [7, 11) is 1.59. The summed E-state index contributed by atoms with van der Waals surface area (Å²) < 4.78 is 2.09. The fourth-order valence-corrected chi connectivity index (χ4v) is 3.18. The highest BCUT2D eigenvalue weighted by atomic mass is 16.4. The Morgan fingerprint density at radius 3 is 2.56 bits per heavy atom. The molecule has 0 saturated carbocycles. The molecule has 0 saturated heterocycles. The van der Waals surface area contributed by atoms with E-state index in [0.717, 1.165) is 43.0 Å². The molecule has 0 fully saturated rings. The van der Waals surface area contributed by atoms with Gasteiger partial charge in [-0.1, -0.05) is 20.3 Å². The number of imidazole rings is 1. The smallest absolute Gasteiger partial charge is 0.326 e. The summed E-state index contributed by atoms with van der Waals surface area (Å²) >= 11 is 0. The summed E-state index contributed by atoms with van der Waals surface area (Å²) in [6, 6.07) is 1.23. The minimum Gasteiger partial charge on any atom is -0.480 e. The van der Waals surface area contributed by atoms with E-state index in [1.807, 2.05) is 39.2 Å². The number of fused-ring (bicyclic) bond motifs is 1. The first kappa shape index (κ1) is 20.9. The zero-order chi connectivity index (χ0) is 20.0. The van der Waals surface area contributed by atoms with E-state index >= 15 is 0 Å². The van der Waals surface area contributed by atoms with E-state index in [-0.39, 0.29) is 11.8 Å². The second-order valence-corrected chi connectivity index (χ2v) is 7.52. The van der Waals surface area contributed by atoms with Gasteiger partial charge in [-0.15, -0.1) is 0 Å². The van der Waals surface area contributed by atoms with Crippen LogP contribution < -0.4 is 0 Å². The van der Waals surface area contributed by atoms with Crippen LogP contribution in [0, 0.1) is 12.8 Å². The molecule has 1 atom stereocenters. The zero-order valence-corrected chi connectivity index (χ0v) is 16.7. The van der Waals surface area contributed by atoms with Crippen LogP contribution in [0.5, 0.6) is 0 Å². The van der Waals surface area contributed by atoms with E-state index < -0.39 is 12.0 Å². The van der Waals surface area contributed by atoms with Crippen LogP contribution in [-0.4, -0.2) is 49.5 Å². The van der Waals surface area contributed by atoms with Crippen molar-refractivity contribution in [2.45, 2.75) is 65.5 Å². The van der Waals surface area contributed by atoms with Gasteiger partial charge in [0.25, 0.3) is 0 Å². The molecule has 0 unspecified atom stereocenters. The Hall–Kier alpha value is -2.44. The molecule has 2 aliphatic heterocycles. The molecule has 7 heteroatoms. The molecule has 0 aromatic heterocycles. The van der Waals surface area contributed by atoms with Gasteiger partial charge < -0.3 is 14.6 Å². The van der Waals surface area contributed by atoms with Gasteiger partial charge in [-0.2, -0.15) is 0 Å². The molecule has 1 amide bonds. The van der Waals surface area contributed by atoms with Gasteiger partial charge in [-0.25, -0.2) is 14.8 Å². The maximum absolute atomic E-state index is 12.3. The first-order chi connectivity index (χ1) is 12.8. The molecule has 0 bridgehead atoms. The molecule has 2 aliphatic rings. The van der Waals surface area contributed by atoms with Gasteiger partial charge >= 0.3 is 5.97 Å². The second-order valence-electron chi connectivity index (χ2n) is 7.52. The molecular formula is C20H30N4O3. The van der Waals surface area contributed by atoms with Crippen LogP contribution in [0.4, 0.5) is 0 Å². The van der Waals surface area contributed by atoms with Crippen LogP contribution in [0.15, 0.2) is 18.5 Å². The van der Waals surface area contributed by atoms with E-state index in [4.69, 9.17) is 0 Å². The number of nitrogens with zero attached hydrogens (tertiary/aromatic N) is 4. The quantitative estimate of drug-likeness (QED) is 0.645. The van der Waals surface area contributed by atoms with Crippen molar-refractivity contribution in [2.75, 3.05) is 7.05 Å². The highest BCUT2D eigenvalue weighted by molar-refractivity contribution is 5.83. The van der Waals surface area contributed by atoms with E-state index in [1.165, 1.54) is 4.90 Å². The molecule has 27 heavy (non-hydrogen) atoms. The first-order valence-corrected chi connectivity index (χ1v) is 9.56. The Morgan fingerprint density at radius 1 is 1.19 bits per heavy atom. The Bertz CT molecular complexity index is 741. The van der Waals surface area contributed by atoms with Crippen LogP contribution in [0.25, 0.3) is 11.4 Å². The standard InChI is InChI=1S/C20H30N4O3/c1-14(2)12-18(20(26)27)23(4)19(25)8-6-5-7-10-24-11-9-16-17(13-24)22-15(3)21-16/h9,11,13-14,18H,5-8,10,12H2,1-4H3,(H,26,27)/t18-/m0/s1. The van der Waals surface area contributed by atoms with Crippen molar-refractivity contribution in [3.8, 4) is 11.4 Å². The summed E-state index contributed by atoms with van der Waals surface area (Å²) in [5, 5.41) is 9.35. The van der Waals surface area contributed by atoms with Crippen LogP contribution in [-0.2, 0) is 16.1 Å². The fraction of sp³-hybridized carbons (Fsp3) is 0.600. The normalized spacial score (nSPS) is 12.5. The highest BCUT2D eigenvalue weighted by Crippen LogP contribution is 2.18. The van der Waals surface area contributed by atoms with Crippen molar-refractivity contribution in [3.63, 3.8) is 0 Å². The number of carboxylic acids is 1. The van der Waals surface area contributed by atoms with E-state index in [9.17, 15) is 14.7 Å². The van der Waals surface area contributed by atoms with Gasteiger partial charge in [0, 0.05) is 32.4 Å². The summed E-state index contributed by atoms with van der Waals surface area (Å²) in [6.45, 7) is 6.67. The summed E-state index contributed by atoms with van der Waals surface area (Å²) in [6.07, 6.45) is 7.48. The average Bonchev–Trinajstić information content (AvgIpc) is 2.97. The molecule has 0 spiro atoms. The van der Waals surface area contributed by atoms with E-state index in [0.29, 0.717) is 12.8 Å². The summed E-state index contributed by atoms with van der Waals surface area (Å²) in [5.74, 6) is -0.0222. The van der Waals surface area contributed by atoms with Crippen molar-refractivity contribution in [2.24, 2.45) is 5.92 Å². The third kappa shape index (κ3) is 6.05. The van der Waals surface area contributed by atoms with Crippen LogP contribution >= 0.6 is 0 Å². The predicted octanol–water partition coefficient (Wildman–Crippen LogP) is 3.21. The monoisotopic (exact) mass is 374 g/mol. The lowest BCUT2D eigenvalue weighted by Gasteiger charge is -2.26. The lowest BCUT2D eigenvalue weighted by Crippen LogP contribution is -2.43. The van der Waals surface area contributed by atoms with Gasteiger partial charge in [-0.3, -0.25) is 4.79 Å². The second kappa shape index (κ2) is 9.48. The van der Waals surface area contributed by atoms with Gasteiger partial charge in [-0.05, 0) is 38.2 Å². The number of amides is 1. The molecule has 148 valence electrons. The number of hydrogen-bond donors (Lipinski definition) is 1. The third-order valence-electron chi connectivity index (χ3n) is 4.69. The number of carbonyl (C=O) groups excluding carboxylic acids is 1. The number of pyridine rings is 1. The number of aromatic nitrogens is 3. The van der Waals surface area contributed by atoms with Gasteiger partial charge in [0.05, 0.1) is 5.69 Å². The number of aliphatic carboxylic acids is 1. The van der Waals surface area contributed by atoms with Crippen LogP contribution in [0.2, 0.25) is 0 Å². The molecule has 0 aliphatic carbocycles. The van der Waals surface area contributed by atoms with Crippen molar-refractivity contribution >= 4 is 11.9 Å². The molecule has 7 nitrogen and oxygen atoms in total. The summed E-state index contributed by atoms with van der Waals surface area (Å²) in [4.78, 5) is 33.8. The van der Waals surface area contributed by atoms with Crippen LogP contribution in [0.3, 0.4) is 0 Å². The first-order valence-electron chi connectivity index (χ1n) is 9.56. The molecule has 0 aromatic rings. The Morgan fingerprint density at radius 2 is 1.89 bits per heavy atom. The van der Waals surface area contributed by atoms with Crippen molar-refractivity contribution in [3.05, 3.63) is 24.3 Å². The number of aryl methyl sites for hydroxylation is 2. The maximum atomic E-state index is 12.3. The van der Waals surface area contributed by atoms with Gasteiger partial charge in [0.2, 0.25) is 5.91 Å². The molecular weight excluding hydrogens is 344 g/mol. The van der Waals surface area contributed by atoms with Crippen molar-refractivity contribution < 1.29 is 14.7 Å². The lowest BCUT2D eigenvalue weighted by atomic mass is 10.0.